The molecule has 0 atom stereocenters. The van der Waals surface area contributed by atoms with Gasteiger partial charge in [-0.3, -0.25) is 4.79 Å². The molecule has 0 aliphatic rings. The zero-order valence-electron chi connectivity index (χ0n) is 16.7. The minimum atomic E-state index is -0.402. The summed E-state index contributed by atoms with van der Waals surface area (Å²) in [5, 5.41) is 5.35. The van der Waals surface area contributed by atoms with E-state index in [1.54, 1.807) is 31.5 Å². The van der Waals surface area contributed by atoms with Crippen molar-refractivity contribution in [2.75, 3.05) is 41.3 Å². The van der Waals surface area contributed by atoms with E-state index in [0.29, 0.717) is 19.0 Å². The highest BCUT2D eigenvalue weighted by Gasteiger charge is 2.11. The maximum Gasteiger partial charge on any atom is 0.243 e. The van der Waals surface area contributed by atoms with Crippen molar-refractivity contribution in [2.24, 2.45) is 4.99 Å². The first kappa shape index (κ1) is 21.7. The first-order valence-electron chi connectivity index (χ1n) is 8.95. The number of ether oxygens (including phenoxy) is 1. The molecule has 2 aromatic rings. The van der Waals surface area contributed by atoms with Crippen molar-refractivity contribution < 1.29 is 13.9 Å². The van der Waals surface area contributed by atoms with Crippen molar-refractivity contribution in [1.82, 2.24) is 15.1 Å². The van der Waals surface area contributed by atoms with Crippen molar-refractivity contribution in [2.45, 2.75) is 13.0 Å². The molecule has 2 rings (SSSR count). The second-order valence-corrected chi connectivity index (χ2v) is 7.54. The van der Waals surface area contributed by atoms with Crippen LogP contribution >= 0.6 is 11.3 Å². The number of nitrogens with one attached hydrogen (secondary N) is 1. The summed E-state index contributed by atoms with van der Waals surface area (Å²) >= 11 is 1.71. The molecule has 0 bridgehead atoms. The molecule has 1 aromatic heterocycles. The van der Waals surface area contributed by atoms with Crippen LogP contribution in [-0.4, -0.2) is 63.0 Å². The summed E-state index contributed by atoms with van der Waals surface area (Å²) < 4.78 is 18.9. The lowest BCUT2D eigenvalue weighted by Gasteiger charge is -2.23. The monoisotopic (exact) mass is 406 g/mol. The number of hydrogen-bond donors (Lipinski definition) is 1. The SMILES string of the molecule is COc1ccc(CN(C)C(=NCC(=O)N(C)C)NCCc2cccs2)cc1F. The van der Waals surface area contributed by atoms with Crippen LogP contribution in [0.15, 0.2) is 40.7 Å². The van der Waals surface area contributed by atoms with E-state index in [-0.39, 0.29) is 18.2 Å². The van der Waals surface area contributed by atoms with Gasteiger partial charge < -0.3 is 19.9 Å². The molecule has 1 heterocycles. The molecule has 1 aromatic carbocycles. The molecule has 1 N–H and O–H groups in total. The second-order valence-electron chi connectivity index (χ2n) is 6.51. The average Bonchev–Trinajstić information content (AvgIpc) is 3.17. The number of hydrogen-bond acceptors (Lipinski definition) is 4. The molecule has 0 saturated heterocycles. The van der Waals surface area contributed by atoms with Crippen molar-refractivity contribution in [3.63, 3.8) is 0 Å². The fraction of sp³-hybridized carbons (Fsp3) is 0.400. The molecule has 0 aliphatic heterocycles. The highest BCUT2D eigenvalue weighted by Crippen LogP contribution is 2.18. The molecule has 0 radical (unpaired) electrons. The van der Waals surface area contributed by atoms with Crippen molar-refractivity contribution in [1.29, 1.82) is 0 Å². The number of methoxy groups -OCH3 is 1. The van der Waals surface area contributed by atoms with Gasteiger partial charge in [0.15, 0.2) is 17.5 Å². The van der Waals surface area contributed by atoms with Gasteiger partial charge in [-0.2, -0.15) is 0 Å². The van der Waals surface area contributed by atoms with Crippen LogP contribution in [0.2, 0.25) is 0 Å². The topological polar surface area (TPSA) is 57.2 Å². The number of aliphatic imine (C=N–C) groups is 1. The summed E-state index contributed by atoms with van der Waals surface area (Å²) in [6, 6.07) is 8.98. The number of guanidine groups is 1. The van der Waals surface area contributed by atoms with E-state index in [4.69, 9.17) is 4.74 Å². The van der Waals surface area contributed by atoms with Gasteiger partial charge in [-0.05, 0) is 35.6 Å². The van der Waals surface area contributed by atoms with Crippen LogP contribution in [0.4, 0.5) is 4.39 Å². The van der Waals surface area contributed by atoms with E-state index >= 15 is 0 Å². The largest absolute Gasteiger partial charge is 0.494 e. The molecular weight excluding hydrogens is 379 g/mol. The molecule has 28 heavy (non-hydrogen) atoms. The number of benzene rings is 1. The van der Waals surface area contributed by atoms with Crippen LogP contribution in [0.5, 0.6) is 5.75 Å². The quantitative estimate of drug-likeness (QED) is 0.541. The number of carbonyl (C=O) groups excluding carboxylic acids is 1. The molecule has 1 amide bonds. The van der Waals surface area contributed by atoms with E-state index in [1.807, 2.05) is 29.5 Å². The van der Waals surface area contributed by atoms with E-state index in [1.165, 1.54) is 23.0 Å². The van der Waals surface area contributed by atoms with Crippen LogP contribution in [0, 0.1) is 5.82 Å². The van der Waals surface area contributed by atoms with Crippen LogP contribution in [0.25, 0.3) is 0 Å². The highest BCUT2D eigenvalue weighted by atomic mass is 32.1. The maximum absolute atomic E-state index is 14.0. The predicted octanol–water partition coefficient (Wildman–Crippen LogP) is 2.60. The number of carbonyl (C=O) groups is 1. The lowest BCUT2D eigenvalue weighted by atomic mass is 10.2. The van der Waals surface area contributed by atoms with E-state index in [9.17, 15) is 9.18 Å². The summed E-state index contributed by atoms with van der Waals surface area (Å²) in [7, 11) is 6.70. The summed E-state index contributed by atoms with van der Waals surface area (Å²) in [4.78, 5) is 21.0. The van der Waals surface area contributed by atoms with Crippen LogP contribution in [-0.2, 0) is 17.8 Å². The first-order valence-corrected chi connectivity index (χ1v) is 9.83. The predicted molar refractivity (Wildman–Crippen MR) is 111 cm³/mol. The Labute approximate surface area is 169 Å². The number of rotatable bonds is 8. The third-order valence-corrected chi connectivity index (χ3v) is 5.03. The molecule has 0 saturated carbocycles. The normalized spacial score (nSPS) is 11.2. The Kier molecular flexibility index (Phi) is 8.25. The maximum atomic E-state index is 14.0. The first-order chi connectivity index (χ1) is 13.4. The molecular formula is C20H27FN4O2S. The zero-order chi connectivity index (χ0) is 20.5. The average molecular weight is 407 g/mol. The van der Waals surface area contributed by atoms with Gasteiger partial charge in [-0.15, -0.1) is 11.3 Å². The van der Waals surface area contributed by atoms with Crippen LogP contribution in [0.3, 0.4) is 0 Å². The summed E-state index contributed by atoms with van der Waals surface area (Å²) in [5.41, 5.74) is 0.785. The number of halogens is 1. The van der Waals surface area contributed by atoms with Gasteiger partial charge in [0.1, 0.15) is 6.54 Å². The highest BCUT2D eigenvalue weighted by molar-refractivity contribution is 7.09. The van der Waals surface area contributed by atoms with Crippen LogP contribution < -0.4 is 10.1 Å². The smallest absolute Gasteiger partial charge is 0.243 e. The third kappa shape index (κ3) is 6.53. The summed E-state index contributed by atoms with van der Waals surface area (Å²) in [6.07, 6.45) is 0.864. The van der Waals surface area contributed by atoms with Gasteiger partial charge in [0.05, 0.1) is 7.11 Å². The Hall–Kier alpha value is -2.61. The lowest BCUT2D eigenvalue weighted by Crippen LogP contribution is -2.40. The molecule has 8 heteroatoms. The molecule has 0 fully saturated rings. The van der Waals surface area contributed by atoms with Gasteiger partial charge in [0.25, 0.3) is 0 Å². The van der Waals surface area contributed by atoms with Gasteiger partial charge >= 0.3 is 0 Å². The number of nitrogens with zero attached hydrogens (tertiary/aromatic N) is 3. The summed E-state index contributed by atoms with van der Waals surface area (Å²) in [5.74, 6) is 0.329. The fourth-order valence-electron chi connectivity index (χ4n) is 2.50. The van der Waals surface area contributed by atoms with E-state index < -0.39 is 5.82 Å². The molecule has 0 aliphatic carbocycles. The standard InChI is InChI=1S/C20H27FN4O2S/c1-24(2)19(26)13-23-20(22-10-9-16-6-5-11-28-16)25(3)14-15-7-8-18(27-4)17(21)12-15/h5-8,11-12H,9-10,13-14H2,1-4H3,(H,22,23). The van der Waals surface area contributed by atoms with E-state index in [0.717, 1.165) is 12.0 Å². The molecule has 0 spiro atoms. The number of amides is 1. The minimum absolute atomic E-state index is 0.0512. The molecule has 152 valence electrons. The van der Waals surface area contributed by atoms with Crippen molar-refractivity contribution in [3.05, 3.63) is 52.0 Å². The van der Waals surface area contributed by atoms with Crippen LogP contribution in [0.1, 0.15) is 10.4 Å². The Balaban J connectivity index is 2.05. The number of thiophene rings is 1. The fourth-order valence-corrected chi connectivity index (χ4v) is 3.21. The number of likely N-dealkylation sites (N-methyl/N-ethyl adjacent to an activating group) is 1. The van der Waals surface area contributed by atoms with Gasteiger partial charge in [-0.25, -0.2) is 9.38 Å². The zero-order valence-corrected chi connectivity index (χ0v) is 17.6. The lowest BCUT2D eigenvalue weighted by molar-refractivity contribution is -0.127. The Morgan fingerprint density at radius 3 is 2.68 bits per heavy atom. The van der Waals surface area contributed by atoms with Gasteiger partial charge in [-0.1, -0.05) is 12.1 Å². The van der Waals surface area contributed by atoms with E-state index in [2.05, 4.69) is 16.4 Å². The summed E-state index contributed by atoms with van der Waals surface area (Å²) in [6.45, 7) is 1.19. The van der Waals surface area contributed by atoms with Crippen molar-refractivity contribution in [3.8, 4) is 5.75 Å². The molecule has 6 nitrogen and oxygen atoms in total. The Morgan fingerprint density at radius 2 is 2.07 bits per heavy atom. The third-order valence-electron chi connectivity index (χ3n) is 4.10. The van der Waals surface area contributed by atoms with Crippen molar-refractivity contribution >= 4 is 23.2 Å². The van der Waals surface area contributed by atoms with Gasteiger partial charge in [0, 0.05) is 39.1 Å². The second kappa shape index (κ2) is 10.7. The van der Waals surface area contributed by atoms with Gasteiger partial charge in [0.2, 0.25) is 5.91 Å². The Bertz CT molecular complexity index is 794. The minimum Gasteiger partial charge on any atom is -0.494 e. The Morgan fingerprint density at radius 1 is 1.29 bits per heavy atom. The molecule has 0 unspecified atom stereocenters.